The van der Waals surface area contributed by atoms with Crippen LogP contribution in [0.25, 0.3) is 11.0 Å². The van der Waals surface area contributed by atoms with Gasteiger partial charge in [-0.25, -0.2) is 4.98 Å². The average molecular weight is 254 g/mol. The molecule has 4 rings (SSSR count). The predicted octanol–water partition coefficient (Wildman–Crippen LogP) is 1.82. The minimum Gasteiger partial charge on any atom is -0.355 e. The first-order valence-corrected chi connectivity index (χ1v) is 7.02. The lowest BCUT2D eigenvalue weighted by Gasteiger charge is -2.23. The second kappa shape index (κ2) is 4.17. The van der Waals surface area contributed by atoms with Gasteiger partial charge in [0.05, 0.1) is 17.2 Å². The number of para-hydroxylation sites is 2. The van der Waals surface area contributed by atoms with E-state index in [1.54, 1.807) is 0 Å². The van der Waals surface area contributed by atoms with Gasteiger partial charge in [-0.2, -0.15) is 0 Å². The van der Waals surface area contributed by atoms with Crippen LogP contribution in [-0.2, 0) is 0 Å². The Labute approximate surface area is 112 Å². The van der Waals surface area contributed by atoms with Gasteiger partial charge < -0.3 is 10.2 Å². The molecule has 1 unspecified atom stereocenters. The van der Waals surface area contributed by atoms with Crippen molar-refractivity contribution >= 4 is 16.9 Å². The third-order valence-corrected chi connectivity index (χ3v) is 4.53. The van der Waals surface area contributed by atoms with E-state index in [0.29, 0.717) is 5.41 Å². The van der Waals surface area contributed by atoms with Crippen LogP contribution >= 0.6 is 0 Å². The normalized spacial score (nSPS) is 26.6. The molecule has 1 N–H and O–H groups in total. The van der Waals surface area contributed by atoms with Crippen molar-refractivity contribution in [1.82, 2.24) is 15.3 Å². The van der Waals surface area contributed by atoms with Gasteiger partial charge in [0, 0.05) is 25.0 Å². The summed E-state index contributed by atoms with van der Waals surface area (Å²) in [6.45, 7) is 4.55. The smallest absolute Gasteiger partial charge is 0.147 e. The van der Waals surface area contributed by atoms with Crippen LogP contribution in [-0.4, -0.2) is 36.1 Å². The van der Waals surface area contributed by atoms with Crippen molar-refractivity contribution in [2.45, 2.75) is 12.8 Å². The molecule has 2 aliphatic rings. The van der Waals surface area contributed by atoms with E-state index >= 15 is 0 Å². The molecule has 3 heterocycles. The molecule has 2 aliphatic heterocycles. The van der Waals surface area contributed by atoms with Crippen LogP contribution in [0, 0.1) is 5.41 Å². The van der Waals surface area contributed by atoms with Crippen molar-refractivity contribution < 1.29 is 0 Å². The number of rotatable bonds is 1. The van der Waals surface area contributed by atoms with Crippen molar-refractivity contribution in [1.29, 1.82) is 0 Å². The van der Waals surface area contributed by atoms with E-state index in [1.165, 1.54) is 12.8 Å². The predicted molar refractivity (Wildman–Crippen MR) is 76.3 cm³/mol. The van der Waals surface area contributed by atoms with Crippen LogP contribution in [0.15, 0.2) is 30.5 Å². The van der Waals surface area contributed by atoms with Crippen molar-refractivity contribution in [3.63, 3.8) is 0 Å². The molecular formula is C15H18N4. The molecule has 98 valence electrons. The first kappa shape index (κ1) is 11.2. The van der Waals surface area contributed by atoms with Crippen molar-refractivity contribution in [3.8, 4) is 0 Å². The van der Waals surface area contributed by atoms with Crippen molar-refractivity contribution in [3.05, 3.63) is 30.5 Å². The SMILES string of the molecule is c1ccc2nc(N3CCC4(CCNC4)C3)cnc2c1. The van der Waals surface area contributed by atoms with Gasteiger partial charge in [-0.15, -0.1) is 0 Å². The third kappa shape index (κ3) is 1.87. The lowest BCUT2D eigenvalue weighted by Crippen LogP contribution is -2.29. The first-order chi connectivity index (χ1) is 9.35. The average Bonchev–Trinajstić information content (AvgIpc) is 3.09. The number of fused-ring (bicyclic) bond motifs is 1. The second-order valence-electron chi connectivity index (χ2n) is 5.82. The van der Waals surface area contributed by atoms with Crippen LogP contribution in [0.4, 0.5) is 5.82 Å². The Morgan fingerprint density at radius 3 is 2.89 bits per heavy atom. The highest BCUT2D eigenvalue weighted by molar-refractivity contribution is 5.75. The fourth-order valence-corrected chi connectivity index (χ4v) is 3.37. The second-order valence-corrected chi connectivity index (χ2v) is 5.82. The number of hydrogen-bond acceptors (Lipinski definition) is 4. The summed E-state index contributed by atoms with van der Waals surface area (Å²) in [5, 5.41) is 3.49. The van der Waals surface area contributed by atoms with Crippen LogP contribution in [0.3, 0.4) is 0 Å². The summed E-state index contributed by atoms with van der Waals surface area (Å²) in [4.78, 5) is 11.7. The molecule has 2 aromatic rings. The number of nitrogens with one attached hydrogen (secondary N) is 1. The van der Waals surface area contributed by atoms with E-state index in [1.807, 2.05) is 30.5 Å². The Morgan fingerprint density at radius 1 is 1.16 bits per heavy atom. The van der Waals surface area contributed by atoms with Gasteiger partial charge in [0.15, 0.2) is 0 Å². The van der Waals surface area contributed by atoms with E-state index in [-0.39, 0.29) is 0 Å². The Morgan fingerprint density at radius 2 is 2.05 bits per heavy atom. The highest BCUT2D eigenvalue weighted by Gasteiger charge is 2.40. The number of anilines is 1. The summed E-state index contributed by atoms with van der Waals surface area (Å²) in [5.74, 6) is 1.03. The van der Waals surface area contributed by atoms with Gasteiger partial charge in [-0.05, 0) is 31.5 Å². The number of aromatic nitrogens is 2. The maximum Gasteiger partial charge on any atom is 0.147 e. The van der Waals surface area contributed by atoms with Crippen molar-refractivity contribution in [2.24, 2.45) is 5.41 Å². The van der Waals surface area contributed by atoms with E-state index in [9.17, 15) is 0 Å². The van der Waals surface area contributed by atoms with E-state index in [4.69, 9.17) is 4.98 Å². The summed E-state index contributed by atoms with van der Waals surface area (Å²) in [7, 11) is 0. The molecular weight excluding hydrogens is 236 g/mol. The maximum absolute atomic E-state index is 4.75. The molecule has 0 radical (unpaired) electrons. The van der Waals surface area contributed by atoms with Crippen LogP contribution < -0.4 is 10.2 Å². The number of benzene rings is 1. The lowest BCUT2D eigenvalue weighted by molar-refractivity contribution is 0.369. The molecule has 2 fully saturated rings. The highest BCUT2D eigenvalue weighted by atomic mass is 15.2. The standard InChI is InChI=1S/C15H18N4/c1-2-4-13-12(3-1)17-9-14(18-13)19-8-6-15(11-19)5-7-16-10-15/h1-4,9,16H,5-8,10-11H2. The Kier molecular flexibility index (Phi) is 2.45. The molecule has 0 amide bonds. The fourth-order valence-electron chi connectivity index (χ4n) is 3.37. The van der Waals surface area contributed by atoms with Gasteiger partial charge in [-0.1, -0.05) is 12.1 Å². The first-order valence-electron chi connectivity index (χ1n) is 7.02. The molecule has 19 heavy (non-hydrogen) atoms. The molecule has 4 heteroatoms. The lowest BCUT2D eigenvalue weighted by atomic mass is 9.87. The van der Waals surface area contributed by atoms with Gasteiger partial charge in [0.25, 0.3) is 0 Å². The van der Waals surface area contributed by atoms with Gasteiger partial charge >= 0.3 is 0 Å². The zero-order valence-corrected chi connectivity index (χ0v) is 11.0. The minimum absolute atomic E-state index is 0.479. The zero-order chi connectivity index (χ0) is 12.7. The molecule has 1 atom stereocenters. The highest BCUT2D eigenvalue weighted by Crippen LogP contribution is 2.37. The molecule has 0 aliphatic carbocycles. The molecule has 1 spiro atoms. The zero-order valence-electron chi connectivity index (χ0n) is 11.0. The molecule has 1 aromatic carbocycles. The Hall–Kier alpha value is -1.68. The van der Waals surface area contributed by atoms with Gasteiger partial charge in [0.2, 0.25) is 0 Å². The monoisotopic (exact) mass is 254 g/mol. The quantitative estimate of drug-likeness (QED) is 0.843. The largest absolute Gasteiger partial charge is 0.355 e. The Balaban J connectivity index is 1.64. The third-order valence-electron chi connectivity index (χ3n) is 4.53. The Bertz CT molecular complexity index is 604. The molecule has 4 nitrogen and oxygen atoms in total. The summed E-state index contributed by atoms with van der Waals surface area (Å²) in [6, 6.07) is 8.08. The van der Waals surface area contributed by atoms with E-state index in [0.717, 1.165) is 43.0 Å². The van der Waals surface area contributed by atoms with E-state index in [2.05, 4.69) is 15.2 Å². The summed E-state index contributed by atoms with van der Waals surface area (Å²) >= 11 is 0. The summed E-state index contributed by atoms with van der Waals surface area (Å²) < 4.78 is 0. The summed E-state index contributed by atoms with van der Waals surface area (Å²) in [5.41, 5.74) is 2.45. The maximum atomic E-state index is 4.75. The van der Waals surface area contributed by atoms with Crippen LogP contribution in [0.2, 0.25) is 0 Å². The van der Waals surface area contributed by atoms with Crippen LogP contribution in [0.5, 0.6) is 0 Å². The minimum atomic E-state index is 0.479. The van der Waals surface area contributed by atoms with E-state index < -0.39 is 0 Å². The molecule has 2 saturated heterocycles. The summed E-state index contributed by atoms with van der Waals surface area (Å²) in [6.07, 6.45) is 4.49. The van der Waals surface area contributed by atoms with Crippen LogP contribution in [0.1, 0.15) is 12.8 Å². The number of nitrogens with zero attached hydrogens (tertiary/aromatic N) is 3. The fraction of sp³-hybridized carbons (Fsp3) is 0.467. The molecule has 0 bridgehead atoms. The van der Waals surface area contributed by atoms with Gasteiger partial charge in [0.1, 0.15) is 5.82 Å². The van der Waals surface area contributed by atoms with Gasteiger partial charge in [-0.3, -0.25) is 4.98 Å². The number of hydrogen-bond donors (Lipinski definition) is 1. The topological polar surface area (TPSA) is 41.1 Å². The molecule has 1 aromatic heterocycles. The van der Waals surface area contributed by atoms with Crippen molar-refractivity contribution in [2.75, 3.05) is 31.1 Å². The molecule has 0 saturated carbocycles.